The molecular weight excluding hydrogens is 186 g/mol. The fourth-order valence-electron chi connectivity index (χ4n) is 1.10. The van der Waals surface area contributed by atoms with E-state index in [4.69, 9.17) is 0 Å². The molecule has 2 aromatic rings. The van der Waals surface area contributed by atoms with Crippen molar-refractivity contribution in [3.63, 3.8) is 0 Å². The third kappa shape index (κ3) is 1.38. The molecule has 2 aromatic heterocycles. The minimum atomic E-state index is 0.719. The van der Waals surface area contributed by atoms with Gasteiger partial charge < -0.3 is 0 Å². The molecule has 0 aliphatic heterocycles. The molecule has 66 valence electrons. The third-order valence-corrected chi connectivity index (χ3v) is 2.60. The van der Waals surface area contributed by atoms with Crippen LogP contribution in [-0.4, -0.2) is 21.3 Å². The minimum absolute atomic E-state index is 0.719. The van der Waals surface area contributed by atoms with Crippen LogP contribution in [0.3, 0.4) is 0 Å². The molecule has 0 saturated heterocycles. The molecule has 2 heterocycles. The molecule has 0 aromatic carbocycles. The van der Waals surface area contributed by atoms with Gasteiger partial charge in [-0.2, -0.15) is 0 Å². The second-order valence-corrected chi connectivity index (χ2v) is 3.54. The highest BCUT2D eigenvalue weighted by molar-refractivity contribution is 7.12. The van der Waals surface area contributed by atoms with Crippen molar-refractivity contribution in [3.05, 3.63) is 22.5 Å². The van der Waals surface area contributed by atoms with Gasteiger partial charge in [0, 0.05) is 18.0 Å². The van der Waals surface area contributed by atoms with Crippen molar-refractivity contribution in [2.24, 2.45) is 7.05 Å². The summed E-state index contributed by atoms with van der Waals surface area (Å²) in [4.78, 5) is 11.2. The smallest absolute Gasteiger partial charge is 0.160 e. The van der Waals surface area contributed by atoms with Gasteiger partial charge in [0.15, 0.2) is 6.29 Å². The number of aromatic nitrogens is 3. The van der Waals surface area contributed by atoms with Crippen LogP contribution in [0.4, 0.5) is 0 Å². The van der Waals surface area contributed by atoms with E-state index in [-0.39, 0.29) is 0 Å². The van der Waals surface area contributed by atoms with E-state index in [1.54, 1.807) is 10.9 Å². The lowest BCUT2D eigenvalue weighted by Gasteiger charge is -1.93. The second kappa shape index (κ2) is 3.10. The molecule has 0 radical (unpaired) electrons. The predicted octanol–water partition coefficient (Wildman–Crippen LogP) is 1.36. The molecule has 0 saturated carbocycles. The van der Waals surface area contributed by atoms with Crippen LogP contribution in [0.15, 0.2) is 17.6 Å². The molecule has 0 unspecified atom stereocenters. The van der Waals surface area contributed by atoms with Gasteiger partial charge in [0.05, 0.1) is 16.8 Å². The number of nitrogens with zero attached hydrogens (tertiary/aromatic N) is 3. The molecule has 0 fully saturated rings. The van der Waals surface area contributed by atoms with Crippen LogP contribution >= 0.6 is 11.3 Å². The number of carbonyl (C=O) groups is 1. The van der Waals surface area contributed by atoms with Crippen LogP contribution < -0.4 is 0 Å². The molecule has 0 amide bonds. The largest absolute Gasteiger partial charge is 0.297 e. The SMILES string of the molecule is Cn1nncc1-c1csc(C=O)c1. The Balaban J connectivity index is 2.46. The van der Waals surface area contributed by atoms with Crippen molar-refractivity contribution in [2.45, 2.75) is 0 Å². The van der Waals surface area contributed by atoms with E-state index in [0.29, 0.717) is 0 Å². The first-order valence-electron chi connectivity index (χ1n) is 3.70. The van der Waals surface area contributed by atoms with Crippen LogP contribution in [0.25, 0.3) is 11.3 Å². The van der Waals surface area contributed by atoms with Crippen molar-refractivity contribution in [1.29, 1.82) is 0 Å². The summed E-state index contributed by atoms with van der Waals surface area (Å²) in [6.45, 7) is 0. The maximum atomic E-state index is 10.4. The van der Waals surface area contributed by atoms with Gasteiger partial charge in [0.2, 0.25) is 0 Å². The molecule has 4 nitrogen and oxygen atoms in total. The highest BCUT2D eigenvalue weighted by Gasteiger charge is 2.05. The van der Waals surface area contributed by atoms with E-state index in [0.717, 1.165) is 22.4 Å². The Morgan fingerprint density at radius 2 is 2.46 bits per heavy atom. The zero-order valence-corrected chi connectivity index (χ0v) is 7.78. The van der Waals surface area contributed by atoms with Crippen molar-refractivity contribution >= 4 is 17.6 Å². The Morgan fingerprint density at radius 1 is 1.62 bits per heavy atom. The van der Waals surface area contributed by atoms with Crippen molar-refractivity contribution in [1.82, 2.24) is 15.0 Å². The van der Waals surface area contributed by atoms with Crippen molar-refractivity contribution in [3.8, 4) is 11.3 Å². The zero-order valence-electron chi connectivity index (χ0n) is 6.97. The maximum absolute atomic E-state index is 10.4. The van der Waals surface area contributed by atoms with Gasteiger partial charge in [0.1, 0.15) is 0 Å². The Hall–Kier alpha value is -1.49. The van der Waals surface area contributed by atoms with Crippen LogP contribution in [-0.2, 0) is 7.05 Å². The number of hydrogen-bond donors (Lipinski definition) is 0. The molecule has 0 bridgehead atoms. The molecule has 0 N–H and O–H groups in total. The number of aryl methyl sites for hydroxylation is 1. The second-order valence-electron chi connectivity index (χ2n) is 2.60. The highest BCUT2D eigenvalue weighted by Crippen LogP contribution is 2.22. The summed E-state index contributed by atoms with van der Waals surface area (Å²) >= 11 is 1.42. The molecule has 0 atom stereocenters. The summed E-state index contributed by atoms with van der Waals surface area (Å²) < 4.78 is 1.68. The van der Waals surface area contributed by atoms with E-state index < -0.39 is 0 Å². The summed E-state index contributed by atoms with van der Waals surface area (Å²) in [5, 5.41) is 9.49. The normalized spacial score (nSPS) is 10.2. The summed E-state index contributed by atoms with van der Waals surface area (Å²) in [7, 11) is 1.82. The molecule has 0 spiro atoms. The average molecular weight is 193 g/mol. The molecule has 2 rings (SSSR count). The molecule has 0 aliphatic rings. The molecule has 5 heteroatoms. The summed E-state index contributed by atoms with van der Waals surface area (Å²) in [6, 6.07) is 1.83. The maximum Gasteiger partial charge on any atom is 0.160 e. The van der Waals surface area contributed by atoms with Gasteiger partial charge >= 0.3 is 0 Å². The highest BCUT2D eigenvalue weighted by atomic mass is 32.1. The van der Waals surface area contributed by atoms with Gasteiger partial charge in [-0.05, 0) is 6.07 Å². The first-order valence-corrected chi connectivity index (χ1v) is 4.58. The predicted molar refractivity (Wildman–Crippen MR) is 49.7 cm³/mol. The number of hydrogen-bond acceptors (Lipinski definition) is 4. The Kier molecular flexibility index (Phi) is 1.94. The standard InChI is InChI=1S/C8H7N3OS/c1-11-8(3-9-10-11)6-2-7(4-12)13-5-6/h2-5H,1H3. The molecule has 13 heavy (non-hydrogen) atoms. The van der Waals surface area contributed by atoms with E-state index in [2.05, 4.69) is 10.3 Å². The molecule has 0 aliphatic carbocycles. The first kappa shape index (κ1) is 8.12. The van der Waals surface area contributed by atoms with Crippen LogP contribution in [0.5, 0.6) is 0 Å². The Morgan fingerprint density at radius 3 is 3.00 bits per heavy atom. The number of carbonyl (C=O) groups excluding carboxylic acids is 1. The monoisotopic (exact) mass is 193 g/mol. The summed E-state index contributed by atoms with van der Waals surface area (Å²) in [5.41, 5.74) is 1.91. The number of aldehydes is 1. The van der Waals surface area contributed by atoms with E-state index >= 15 is 0 Å². The molecular formula is C8H7N3OS. The van der Waals surface area contributed by atoms with Crippen LogP contribution in [0.2, 0.25) is 0 Å². The fourth-order valence-corrected chi connectivity index (χ4v) is 1.80. The van der Waals surface area contributed by atoms with E-state index in [1.165, 1.54) is 11.3 Å². The lowest BCUT2D eigenvalue weighted by atomic mass is 10.2. The third-order valence-electron chi connectivity index (χ3n) is 1.75. The first-order chi connectivity index (χ1) is 6.31. The van der Waals surface area contributed by atoms with Gasteiger partial charge in [-0.15, -0.1) is 16.4 Å². The lowest BCUT2D eigenvalue weighted by Crippen LogP contribution is -1.92. The zero-order chi connectivity index (χ0) is 9.26. The minimum Gasteiger partial charge on any atom is -0.297 e. The van der Waals surface area contributed by atoms with Gasteiger partial charge in [-0.1, -0.05) is 5.21 Å². The van der Waals surface area contributed by atoms with Gasteiger partial charge in [-0.25, -0.2) is 4.68 Å². The van der Waals surface area contributed by atoms with Gasteiger partial charge in [-0.3, -0.25) is 4.79 Å². The average Bonchev–Trinajstić information content (AvgIpc) is 2.71. The summed E-state index contributed by atoms with van der Waals surface area (Å²) in [5.74, 6) is 0. The van der Waals surface area contributed by atoms with Crippen molar-refractivity contribution < 1.29 is 4.79 Å². The number of thiophene rings is 1. The Bertz CT molecular complexity index is 432. The quantitative estimate of drug-likeness (QED) is 0.676. The van der Waals surface area contributed by atoms with Crippen molar-refractivity contribution in [2.75, 3.05) is 0 Å². The van der Waals surface area contributed by atoms with E-state index in [9.17, 15) is 4.79 Å². The topological polar surface area (TPSA) is 47.8 Å². The van der Waals surface area contributed by atoms with Crippen LogP contribution in [0, 0.1) is 0 Å². The summed E-state index contributed by atoms with van der Waals surface area (Å²) in [6.07, 6.45) is 2.52. The lowest BCUT2D eigenvalue weighted by molar-refractivity contribution is 0.112. The fraction of sp³-hybridized carbons (Fsp3) is 0.125. The Labute approximate surface area is 78.8 Å². The van der Waals surface area contributed by atoms with Gasteiger partial charge in [0.25, 0.3) is 0 Å². The van der Waals surface area contributed by atoms with Crippen LogP contribution in [0.1, 0.15) is 9.67 Å². The van der Waals surface area contributed by atoms with E-state index in [1.807, 2.05) is 18.5 Å². The number of rotatable bonds is 2.